The van der Waals surface area contributed by atoms with E-state index in [1.54, 1.807) is 24.3 Å². The Morgan fingerprint density at radius 3 is 2.72 bits per heavy atom. The van der Waals surface area contributed by atoms with Crippen molar-refractivity contribution in [1.29, 1.82) is 5.26 Å². The molecule has 0 saturated carbocycles. The van der Waals surface area contributed by atoms with Gasteiger partial charge >= 0.3 is 0 Å². The SMILES string of the molecule is CNC(=O)COc1cc(C#N)ccc1CNC(=O)c1cccc(O)c1. The molecule has 25 heavy (non-hydrogen) atoms. The van der Waals surface area contributed by atoms with Crippen molar-refractivity contribution in [2.45, 2.75) is 6.54 Å². The summed E-state index contributed by atoms with van der Waals surface area (Å²) in [4.78, 5) is 23.5. The Labute approximate surface area is 144 Å². The van der Waals surface area contributed by atoms with E-state index in [1.165, 1.54) is 25.2 Å². The maximum atomic E-state index is 12.1. The standard InChI is InChI=1S/C18H17N3O4/c1-20-17(23)11-25-16-7-12(9-19)5-6-14(16)10-21-18(24)13-3-2-4-15(22)8-13/h2-8,22H,10-11H2,1H3,(H,20,23)(H,21,24). The summed E-state index contributed by atoms with van der Waals surface area (Å²) in [5.41, 5.74) is 1.33. The van der Waals surface area contributed by atoms with Gasteiger partial charge in [-0.1, -0.05) is 12.1 Å². The highest BCUT2D eigenvalue weighted by atomic mass is 16.5. The largest absolute Gasteiger partial charge is 0.508 e. The highest BCUT2D eigenvalue weighted by molar-refractivity contribution is 5.94. The van der Waals surface area contributed by atoms with E-state index < -0.39 is 0 Å². The minimum absolute atomic E-state index is 0.000577. The molecule has 128 valence electrons. The number of phenolic OH excluding ortho intramolecular Hbond substituents is 1. The first-order chi connectivity index (χ1) is 12.0. The first-order valence-electron chi connectivity index (χ1n) is 7.47. The number of aromatic hydroxyl groups is 1. The number of rotatable bonds is 6. The number of nitrogens with zero attached hydrogens (tertiary/aromatic N) is 1. The molecule has 0 heterocycles. The van der Waals surface area contributed by atoms with Crippen molar-refractivity contribution < 1.29 is 19.4 Å². The summed E-state index contributed by atoms with van der Waals surface area (Å²) in [7, 11) is 1.49. The van der Waals surface area contributed by atoms with Crippen LogP contribution in [-0.4, -0.2) is 30.6 Å². The molecule has 2 amide bonds. The molecule has 3 N–H and O–H groups in total. The van der Waals surface area contributed by atoms with Gasteiger partial charge in [0.15, 0.2) is 6.61 Å². The van der Waals surface area contributed by atoms with Crippen LogP contribution in [0.5, 0.6) is 11.5 Å². The van der Waals surface area contributed by atoms with Crippen LogP contribution >= 0.6 is 0 Å². The quantitative estimate of drug-likeness (QED) is 0.735. The summed E-state index contributed by atoms with van der Waals surface area (Å²) in [5.74, 6) is -0.325. The number of nitrogens with one attached hydrogen (secondary N) is 2. The van der Waals surface area contributed by atoms with Crippen LogP contribution in [0.2, 0.25) is 0 Å². The van der Waals surface area contributed by atoms with E-state index in [-0.39, 0.29) is 30.7 Å². The lowest BCUT2D eigenvalue weighted by Gasteiger charge is -2.12. The van der Waals surface area contributed by atoms with E-state index in [4.69, 9.17) is 10.00 Å². The highest BCUT2D eigenvalue weighted by Gasteiger charge is 2.11. The molecular formula is C18H17N3O4. The van der Waals surface area contributed by atoms with E-state index in [9.17, 15) is 14.7 Å². The second-order valence-electron chi connectivity index (χ2n) is 5.13. The molecule has 2 rings (SSSR count). The minimum atomic E-state index is -0.363. The van der Waals surface area contributed by atoms with Gasteiger partial charge in [0.05, 0.1) is 11.6 Å². The summed E-state index contributed by atoms with van der Waals surface area (Å²) in [6, 6.07) is 12.7. The Kier molecular flexibility index (Phi) is 5.96. The molecule has 2 aromatic carbocycles. The van der Waals surface area contributed by atoms with Crippen molar-refractivity contribution in [1.82, 2.24) is 10.6 Å². The van der Waals surface area contributed by atoms with Gasteiger partial charge in [-0.15, -0.1) is 0 Å². The molecule has 0 fully saturated rings. The summed E-state index contributed by atoms with van der Waals surface area (Å²) < 4.78 is 5.43. The van der Waals surface area contributed by atoms with Crippen molar-refractivity contribution >= 4 is 11.8 Å². The van der Waals surface area contributed by atoms with Crippen molar-refractivity contribution in [2.75, 3.05) is 13.7 Å². The lowest BCUT2D eigenvalue weighted by Crippen LogP contribution is -2.26. The Bertz CT molecular complexity index is 827. The maximum absolute atomic E-state index is 12.1. The van der Waals surface area contributed by atoms with E-state index in [0.717, 1.165) is 0 Å². The predicted octanol–water partition coefficient (Wildman–Crippen LogP) is 1.32. The van der Waals surface area contributed by atoms with E-state index in [0.29, 0.717) is 22.4 Å². The molecule has 0 radical (unpaired) electrons. The number of amides is 2. The number of hydrogen-bond acceptors (Lipinski definition) is 5. The number of hydrogen-bond donors (Lipinski definition) is 3. The number of likely N-dealkylation sites (N-methyl/N-ethyl adjacent to an activating group) is 1. The first-order valence-corrected chi connectivity index (χ1v) is 7.47. The lowest BCUT2D eigenvalue weighted by atomic mass is 10.1. The fraction of sp³-hybridized carbons (Fsp3) is 0.167. The Morgan fingerprint density at radius 1 is 1.24 bits per heavy atom. The molecule has 0 atom stereocenters. The molecule has 7 nitrogen and oxygen atoms in total. The van der Waals surface area contributed by atoms with E-state index in [2.05, 4.69) is 10.6 Å². The van der Waals surface area contributed by atoms with Crippen LogP contribution in [0.15, 0.2) is 42.5 Å². The van der Waals surface area contributed by atoms with Crippen LogP contribution in [0.1, 0.15) is 21.5 Å². The number of carbonyl (C=O) groups is 2. The average Bonchev–Trinajstić information content (AvgIpc) is 2.64. The third-order valence-corrected chi connectivity index (χ3v) is 3.38. The molecular weight excluding hydrogens is 322 g/mol. The molecule has 7 heteroatoms. The molecule has 0 aliphatic carbocycles. The summed E-state index contributed by atoms with van der Waals surface area (Å²) in [6.45, 7) is -0.0534. The van der Waals surface area contributed by atoms with Crippen LogP contribution in [-0.2, 0) is 11.3 Å². The molecule has 0 spiro atoms. The van der Waals surface area contributed by atoms with Gasteiger partial charge in [0.25, 0.3) is 11.8 Å². The number of ether oxygens (including phenoxy) is 1. The number of phenols is 1. The second-order valence-corrected chi connectivity index (χ2v) is 5.13. The van der Waals surface area contributed by atoms with Gasteiger partial charge in [-0.3, -0.25) is 9.59 Å². The van der Waals surface area contributed by atoms with Crippen molar-refractivity contribution in [3.05, 3.63) is 59.2 Å². The van der Waals surface area contributed by atoms with Gasteiger partial charge in [0.1, 0.15) is 11.5 Å². The topological polar surface area (TPSA) is 111 Å². The Hall–Kier alpha value is -3.53. The van der Waals surface area contributed by atoms with E-state index in [1.807, 2.05) is 6.07 Å². The summed E-state index contributed by atoms with van der Waals surface area (Å²) >= 11 is 0. The molecule has 0 unspecified atom stereocenters. The zero-order valence-electron chi connectivity index (χ0n) is 13.6. The van der Waals surface area contributed by atoms with Gasteiger partial charge in [0.2, 0.25) is 0 Å². The second kappa shape index (κ2) is 8.36. The van der Waals surface area contributed by atoms with Gasteiger partial charge in [-0.2, -0.15) is 5.26 Å². The fourth-order valence-corrected chi connectivity index (χ4v) is 2.04. The number of nitriles is 1. The average molecular weight is 339 g/mol. The summed E-state index contributed by atoms with van der Waals surface area (Å²) in [6.07, 6.45) is 0. The predicted molar refractivity (Wildman–Crippen MR) is 90.0 cm³/mol. The monoisotopic (exact) mass is 339 g/mol. The van der Waals surface area contributed by atoms with Crippen LogP contribution in [0.3, 0.4) is 0 Å². The maximum Gasteiger partial charge on any atom is 0.257 e. The molecule has 0 bridgehead atoms. The third-order valence-electron chi connectivity index (χ3n) is 3.38. The van der Waals surface area contributed by atoms with Crippen molar-refractivity contribution in [2.24, 2.45) is 0 Å². The fourth-order valence-electron chi connectivity index (χ4n) is 2.04. The summed E-state index contributed by atoms with van der Waals surface area (Å²) in [5, 5.41) is 23.6. The lowest BCUT2D eigenvalue weighted by molar-refractivity contribution is -0.122. The van der Waals surface area contributed by atoms with Crippen molar-refractivity contribution in [3.63, 3.8) is 0 Å². The molecule has 0 aromatic heterocycles. The normalized spacial score (nSPS) is 9.76. The minimum Gasteiger partial charge on any atom is -0.508 e. The van der Waals surface area contributed by atoms with Crippen LogP contribution in [0.25, 0.3) is 0 Å². The van der Waals surface area contributed by atoms with Crippen molar-refractivity contribution in [3.8, 4) is 17.6 Å². The third kappa shape index (κ3) is 4.97. The Balaban J connectivity index is 2.11. The number of carbonyl (C=O) groups excluding carboxylic acids is 2. The number of benzene rings is 2. The van der Waals surface area contributed by atoms with Gasteiger partial charge in [-0.05, 0) is 30.3 Å². The Morgan fingerprint density at radius 2 is 2.04 bits per heavy atom. The van der Waals surface area contributed by atoms with Crippen LogP contribution in [0, 0.1) is 11.3 Å². The van der Waals surface area contributed by atoms with Gasteiger partial charge < -0.3 is 20.5 Å². The van der Waals surface area contributed by atoms with Crippen LogP contribution in [0.4, 0.5) is 0 Å². The van der Waals surface area contributed by atoms with E-state index >= 15 is 0 Å². The first kappa shape index (κ1) is 17.8. The highest BCUT2D eigenvalue weighted by Crippen LogP contribution is 2.21. The molecule has 0 aliphatic heterocycles. The van der Waals surface area contributed by atoms with Gasteiger partial charge in [0, 0.05) is 24.7 Å². The molecule has 0 saturated heterocycles. The zero-order chi connectivity index (χ0) is 18.2. The smallest absolute Gasteiger partial charge is 0.257 e. The van der Waals surface area contributed by atoms with Gasteiger partial charge in [-0.25, -0.2) is 0 Å². The zero-order valence-corrected chi connectivity index (χ0v) is 13.6. The van der Waals surface area contributed by atoms with Crippen LogP contribution < -0.4 is 15.4 Å². The molecule has 2 aromatic rings. The molecule has 0 aliphatic rings.